The van der Waals surface area contributed by atoms with Gasteiger partial charge in [-0.15, -0.1) is 0 Å². The second-order valence-corrected chi connectivity index (χ2v) is 5.95. The number of nitrogens with one attached hydrogen (secondary N) is 1. The molecule has 0 amide bonds. The second-order valence-electron chi connectivity index (χ2n) is 5.95. The van der Waals surface area contributed by atoms with Crippen LogP contribution in [0.2, 0.25) is 0 Å². The summed E-state index contributed by atoms with van der Waals surface area (Å²) in [5, 5.41) is 12.4. The van der Waals surface area contributed by atoms with Crippen molar-refractivity contribution >= 4 is 0 Å². The zero-order valence-electron chi connectivity index (χ0n) is 12.9. The maximum absolute atomic E-state index is 4.54. The molecule has 0 aliphatic rings. The largest absolute Gasteiger partial charge is 0.312 e. The molecule has 0 aliphatic heterocycles. The average molecular weight is 275 g/mol. The summed E-state index contributed by atoms with van der Waals surface area (Å²) >= 11 is 0. The van der Waals surface area contributed by atoms with Crippen LogP contribution in [0.5, 0.6) is 0 Å². The first kappa shape index (κ1) is 14.8. The molecule has 0 saturated heterocycles. The van der Waals surface area contributed by atoms with E-state index in [2.05, 4.69) is 55.5 Å². The normalized spacial score (nSPS) is 11.7. The Morgan fingerprint density at radius 3 is 2.70 bits per heavy atom. The van der Waals surface area contributed by atoms with Crippen LogP contribution in [0.3, 0.4) is 0 Å². The molecule has 0 atom stereocenters. The first-order valence-electron chi connectivity index (χ1n) is 7.30. The summed E-state index contributed by atoms with van der Waals surface area (Å²) in [5.41, 5.74) is 2.26. The first-order chi connectivity index (χ1) is 9.54. The van der Waals surface area contributed by atoms with Crippen LogP contribution in [0.15, 0.2) is 24.7 Å². The SMILES string of the molecule is CC(C)CNCc1cnn(Cc2ccn(C(C)C)n2)c1. The number of hydrogen-bond acceptors (Lipinski definition) is 3. The van der Waals surface area contributed by atoms with E-state index in [-0.39, 0.29) is 0 Å². The van der Waals surface area contributed by atoms with Crippen molar-refractivity contribution in [1.82, 2.24) is 24.9 Å². The molecule has 2 rings (SSSR count). The Morgan fingerprint density at radius 1 is 1.25 bits per heavy atom. The Balaban J connectivity index is 1.88. The Bertz CT molecular complexity index is 524. The highest BCUT2D eigenvalue weighted by molar-refractivity contribution is 5.06. The van der Waals surface area contributed by atoms with E-state index in [0.29, 0.717) is 12.0 Å². The summed E-state index contributed by atoms with van der Waals surface area (Å²) in [6, 6.07) is 2.45. The van der Waals surface area contributed by atoms with Crippen molar-refractivity contribution in [2.75, 3.05) is 6.54 Å². The number of hydrogen-bond donors (Lipinski definition) is 1. The number of aromatic nitrogens is 4. The minimum atomic E-state index is 0.400. The van der Waals surface area contributed by atoms with E-state index in [4.69, 9.17) is 0 Å². The van der Waals surface area contributed by atoms with Gasteiger partial charge >= 0.3 is 0 Å². The van der Waals surface area contributed by atoms with E-state index in [1.165, 1.54) is 5.56 Å². The molecule has 2 heterocycles. The molecule has 5 nitrogen and oxygen atoms in total. The molecule has 0 fully saturated rings. The molecule has 0 bridgehead atoms. The lowest BCUT2D eigenvalue weighted by Gasteiger charge is -2.05. The number of rotatable bonds is 7. The summed E-state index contributed by atoms with van der Waals surface area (Å²) in [5.74, 6) is 0.671. The summed E-state index contributed by atoms with van der Waals surface area (Å²) in [4.78, 5) is 0. The van der Waals surface area contributed by atoms with Crippen LogP contribution in [-0.4, -0.2) is 26.1 Å². The molecule has 0 spiro atoms. The van der Waals surface area contributed by atoms with Crippen LogP contribution in [0.25, 0.3) is 0 Å². The predicted octanol–water partition coefficient (Wildman–Crippen LogP) is 2.45. The fraction of sp³-hybridized carbons (Fsp3) is 0.600. The van der Waals surface area contributed by atoms with Crippen LogP contribution in [0, 0.1) is 5.92 Å². The Labute approximate surface area is 121 Å². The molecule has 2 aromatic rings. The molecule has 5 heteroatoms. The van der Waals surface area contributed by atoms with Gasteiger partial charge in [-0.3, -0.25) is 9.36 Å². The molecule has 0 aliphatic carbocycles. The van der Waals surface area contributed by atoms with Gasteiger partial charge in [0.15, 0.2) is 0 Å². The van der Waals surface area contributed by atoms with Crippen molar-refractivity contribution in [3.63, 3.8) is 0 Å². The molecule has 110 valence electrons. The van der Waals surface area contributed by atoms with E-state index in [1.54, 1.807) is 0 Å². The van der Waals surface area contributed by atoms with Crippen molar-refractivity contribution in [3.8, 4) is 0 Å². The van der Waals surface area contributed by atoms with Gasteiger partial charge in [-0.05, 0) is 32.4 Å². The van der Waals surface area contributed by atoms with Crippen LogP contribution >= 0.6 is 0 Å². The van der Waals surface area contributed by atoms with Gasteiger partial charge in [-0.2, -0.15) is 10.2 Å². The Hall–Kier alpha value is -1.62. The van der Waals surface area contributed by atoms with Gasteiger partial charge in [0.2, 0.25) is 0 Å². The topological polar surface area (TPSA) is 47.7 Å². The molecule has 20 heavy (non-hydrogen) atoms. The third kappa shape index (κ3) is 4.20. The highest BCUT2D eigenvalue weighted by atomic mass is 15.3. The minimum Gasteiger partial charge on any atom is -0.312 e. The third-order valence-corrected chi connectivity index (χ3v) is 3.09. The molecular weight excluding hydrogens is 250 g/mol. The number of nitrogens with zero attached hydrogens (tertiary/aromatic N) is 4. The van der Waals surface area contributed by atoms with Crippen molar-refractivity contribution in [3.05, 3.63) is 35.9 Å². The maximum Gasteiger partial charge on any atom is 0.0849 e. The van der Waals surface area contributed by atoms with E-state index >= 15 is 0 Å². The van der Waals surface area contributed by atoms with Crippen LogP contribution in [-0.2, 0) is 13.1 Å². The summed E-state index contributed by atoms with van der Waals surface area (Å²) in [6.07, 6.45) is 6.03. The molecule has 0 aromatic carbocycles. The van der Waals surface area contributed by atoms with Gasteiger partial charge in [0.1, 0.15) is 0 Å². The van der Waals surface area contributed by atoms with Crippen LogP contribution in [0.4, 0.5) is 0 Å². The highest BCUT2D eigenvalue weighted by Crippen LogP contribution is 2.06. The average Bonchev–Trinajstić information content (AvgIpc) is 2.99. The fourth-order valence-electron chi connectivity index (χ4n) is 2.00. The summed E-state index contributed by atoms with van der Waals surface area (Å²) < 4.78 is 3.92. The van der Waals surface area contributed by atoms with Crippen molar-refractivity contribution < 1.29 is 0 Å². The fourth-order valence-corrected chi connectivity index (χ4v) is 2.00. The van der Waals surface area contributed by atoms with Gasteiger partial charge < -0.3 is 5.32 Å². The Kier molecular flexibility index (Phi) is 4.95. The summed E-state index contributed by atoms with van der Waals surface area (Å²) in [7, 11) is 0. The van der Waals surface area contributed by atoms with Gasteiger partial charge in [0.05, 0.1) is 18.4 Å². The zero-order chi connectivity index (χ0) is 14.5. The molecule has 0 saturated carbocycles. The van der Waals surface area contributed by atoms with Crippen molar-refractivity contribution in [2.45, 2.75) is 46.8 Å². The predicted molar refractivity (Wildman–Crippen MR) is 80.5 cm³/mol. The minimum absolute atomic E-state index is 0.400. The van der Waals surface area contributed by atoms with Gasteiger partial charge in [0.25, 0.3) is 0 Å². The lowest BCUT2D eigenvalue weighted by Crippen LogP contribution is -2.18. The maximum atomic E-state index is 4.54. The molecule has 2 aromatic heterocycles. The molecule has 0 unspecified atom stereocenters. The second kappa shape index (κ2) is 6.70. The highest BCUT2D eigenvalue weighted by Gasteiger charge is 2.04. The smallest absolute Gasteiger partial charge is 0.0849 e. The van der Waals surface area contributed by atoms with E-state index in [9.17, 15) is 0 Å². The molecule has 0 radical (unpaired) electrons. The Morgan fingerprint density at radius 2 is 2.05 bits per heavy atom. The first-order valence-corrected chi connectivity index (χ1v) is 7.30. The standard InChI is InChI=1S/C15H25N5/c1-12(2)7-16-8-14-9-17-19(10-14)11-15-5-6-20(18-15)13(3)4/h5-6,9-10,12-13,16H,7-8,11H2,1-4H3. The van der Waals surface area contributed by atoms with Gasteiger partial charge in [0, 0.05) is 30.5 Å². The molecule has 1 N–H and O–H groups in total. The van der Waals surface area contributed by atoms with Crippen molar-refractivity contribution in [2.24, 2.45) is 5.92 Å². The van der Waals surface area contributed by atoms with E-state index in [1.807, 2.05) is 21.8 Å². The zero-order valence-corrected chi connectivity index (χ0v) is 12.9. The monoisotopic (exact) mass is 275 g/mol. The lowest BCUT2D eigenvalue weighted by atomic mass is 10.2. The lowest BCUT2D eigenvalue weighted by molar-refractivity contribution is 0.520. The van der Waals surface area contributed by atoms with Gasteiger partial charge in [-0.25, -0.2) is 0 Å². The molecular formula is C15H25N5. The van der Waals surface area contributed by atoms with E-state index < -0.39 is 0 Å². The van der Waals surface area contributed by atoms with Crippen molar-refractivity contribution in [1.29, 1.82) is 0 Å². The van der Waals surface area contributed by atoms with E-state index in [0.717, 1.165) is 25.3 Å². The third-order valence-electron chi connectivity index (χ3n) is 3.09. The van der Waals surface area contributed by atoms with Gasteiger partial charge in [-0.1, -0.05) is 13.8 Å². The van der Waals surface area contributed by atoms with Crippen LogP contribution < -0.4 is 5.32 Å². The quantitative estimate of drug-likeness (QED) is 0.844. The summed E-state index contributed by atoms with van der Waals surface area (Å²) in [6.45, 7) is 11.3. The van der Waals surface area contributed by atoms with Crippen LogP contribution in [0.1, 0.15) is 45.0 Å².